The van der Waals surface area contributed by atoms with Crippen molar-refractivity contribution in [2.24, 2.45) is 0 Å². The van der Waals surface area contributed by atoms with Crippen LogP contribution in [0.2, 0.25) is 5.04 Å². The maximum atomic E-state index is 12.7. The molecular formula is C30H37N3O3Si. The SMILES string of the molecule is CC(C)(C)OC(=O)N[C@@H](C#Cc1ncccc1N)CO[Si](c1ccccc1)(c1ccccc1)C(C)(C)C. The van der Waals surface area contributed by atoms with Gasteiger partial charge in [0.2, 0.25) is 0 Å². The fourth-order valence-corrected chi connectivity index (χ4v) is 8.79. The van der Waals surface area contributed by atoms with Crippen LogP contribution < -0.4 is 21.4 Å². The second kappa shape index (κ2) is 11.6. The molecule has 0 bridgehead atoms. The number of hydrogen-bond donors (Lipinski definition) is 2. The number of carbonyl (C=O) groups excluding carboxylic acids is 1. The highest BCUT2D eigenvalue weighted by molar-refractivity contribution is 6.99. The van der Waals surface area contributed by atoms with Crippen molar-refractivity contribution in [3.8, 4) is 11.8 Å². The third kappa shape index (κ3) is 7.22. The number of alkyl carbamates (subject to hydrolysis) is 1. The molecule has 2 aromatic carbocycles. The van der Waals surface area contributed by atoms with E-state index in [1.54, 1.807) is 18.3 Å². The van der Waals surface area contributed by atoms with E-state index in [4.69, 9.17) is 14.9 Å². The Hall–Kier alpha value is -3.60. The summed E-state index contributed by atoms with van der Waals surface area (Å²) < 4.78 is 12.5. The van der Waals surface area contributed by atoms with Gasteiger partial charge in [-0.3, -0.25) is 0 Å². The van der Waals surface area contributed by atoms with Crippen LogP contribution in [-0.4, -0.2) is 37.6 Å². The van der Waals surface area contributed by atoms with Gasteiger partial charge < -0.3 is 20.2 Å². The largest absolute Gasteiger partial charge is 0.444 e. The standard InChI is InChI=1S/C30H37N3O3Si/c1-29(2,3)36-28(34)33-23(19-20-27-26(31)18-13-21-32-27)22-35-37(30(4,5)6,24-14-9-7-10-15-24)25-16-11-8-12-17-25/h7-18,21,23H,22,31H2,1-6H3,(H,33,34)/t23-/m0/s1. The molecule has 0 aliphatic rings. The highest BCUT2D eigenvalue weighted by Crippen LogP contribution is 2.36. The smallest absolute Gasteiger partial charge is 0.408 e. The Kier molecular flexibility index (Phi) is 8.80. The normalized spacial score (nSPS) is 12.7. The molecule has 0 unspecified atom stereocenters. The lowest BCUT2D eigenvalue weighted by molar-refractivity contribution is 0.0503. The summed E-state index contributed by atoms with van der Waals surface area (Å²) in [6.45, 7) is 12.2. The lowest BCUT2D eigenvalue weighted by Gasteiger charge is -2.43. The Labute approximate surface area is 221 Å². The van der Waals surface area contributed by atoms with Gasteiger partial charge in [-0.2, -0.15) is 0 Å². The van der Waals surface area contributed by atoms with Gasteiger partial charge >= 0.3 is 6.09 Å². The van der Waals surface area contributed by atoms with Crippen LogP contribution in [0.1, 0.15) is 47.2 Å². The number of anilines is 1. The number of hydrogen-bond acceptors (Lipinski definition) is 5. The first-order chi connectivity index (χ1) is 17.4. The molecule has 37 heavy (non-hydrogen) atoms. The summed E-state index contributed by atoms with van der Waals surface area (Å²) in [4.78, 5) is 17.0. The van der Waals surface area contributed by atoms with Crippen molar-refractivity contribution in [1.29, 1.82) is 0 Å². The molecule has 3 aromatic rings. The van der Waals surface area contributed by atoms with Crippen molar-refractivity contribution < 1.29 is 14.0 Å². The molecule has 0 saturated heterocycles. The fourth-order valence-electron chi connectivity index (χ4n) is 4.22. The van der Waals surface area contributed by atoms with E-state index in [9.17, 15) is 4.79 Å². The number of rotatable bonds is 6. The van der Waals surface area contributed by atoms with E-state index in [1.807, 2.05) is 57.2 Å². The number of aromatic nitrogens is 1. The predicted octanol–water partition coefficient (Wildman–Crippen LogP) is 4.49. The summed E-state index contributed by atoms with van der Waals surface area (Å²) in [5, 5.41) is 4.96. The number of amides is 1. The number of nitrogens with two attached hydrogens (primary N) is 1. The Bertz CT molecular complexity index is 1200. The molecule has 0 aliphatic heterocycles. The van der Waals surface area contributed by atoms with E-state index in [0.717, 1.165) is 10.4 Å². The molecular weight excluding hydrogens is 478 g/mol. The van der Waals surface area contributed by atoms with Gasteiger partial charge in [-0.05, 0) is 54.2 Å². The molecule has 1 amide bonds. The van der Waals surface area contributed by atoms with Crippen LogP contribution in [0.3, 0.4) is 0 Å². The van der Waals surface area contributed by atoms with Crippen LogP contribution >= 0.6 is 0 Å². The number of pyridine rings is 1. The number of nitrogen functional groups attached to an aromatic ring is 1. The monoisotopic (exact) mass is 515 g/mol. The minimum atomic E-state index is -2.83. The van der Waals surface area contributed by atoms with Gasteiger partial charge in [-0.15, -0.1) is 0 Å². The fraction of sp³-hybridized carbons (Fsp3) is 0.333. The number of benzene rings is 2. The van der Waals surface area contributed by atoms with Crippen molar-refractivity contribution in [2.75, 3.05) is 12.3 Å². The molecule has 0 spiro atoms. The predicted molar refractivity (Wildman–Crippen MR) is 152 cm³/mol. The van der Waals surface area contributed by atoms with Crippen molar-refractivity contribution in [1.82, 2.24) is 10.3 Å². The van der Waals surface area contributed by atoms with Crippen molar-refractivity contribution in [3.05, 3.63) is 84.7 Å². The molecule has 1 heterocycles. The van der Waals surface area contributed by atoms with Crippen LogP contribution in [-0.2, 0) is 9.16 Å². The number of carbonyl (C=O) groups is 1. The van der Waals surface area contributed by atoms with E-state index in [1.165, 1.54) is 0 Å². The van der Waals surface area contributed by atoms with E-state index in [-0.39, 0.29) is 11.6 Å². The lowest BCUT2D eigenvalue weighted by atomic mass is 10.2. The van der Waals surface area contributed by atoms with Gasteiger partial charge in [-0.1, -0.05) is 87.4 Å². The molecule has 3 N–H and O–H groups in total. The molecule has 0 aliphatic carbocycles. The summed E-state index contributed by atoms with van der Waals surface area (Å²) in [6.07, 6.45) is 1.07. The van der Waals surface area contributed by atoms with Crippen LogP contribution in [0.5, 0.6) is 0 Å². The molecule has 0 fully saturated rings. The van der Waals surface area contributed by atoms with Gasteiger partial charge in [0.05, 0.1) is 12.3 Å². The summed E-state index contributed by atoms with van der Waals surface area (Å²) in [6, 6.07) is 23.5. The second-order valence-electron chi connectivity index (χ2n) is 10.9. The zero-order valence-electron chi connectivity index (χ0n) is 22.5. The summed E-state index contributed by atoms with van der Waals surface area (Å²) in [5.74, 6) is 6.13. The molecule has 0 saturated carbocycles. The van der Waals surface area contributed by atoms with Gasteiger partial charge in [0.25, 0.3) is 8.32 Å². The van der Waals surface area contributed by atoms with Crippen molar-refractivity contribution in [2.45, 2.75) is 58.2 Å². The number of ether oxygens (including phenoxy) is 1. The Morgan fingerprint density at radius 2 is 1.51 bits per heavy atom. The van der Waals surface area contributed by atoms with Gasteiger partial charge in [0, 0.05) is 6.20 Å². The van der Waals surface area contributed by atoms with Crippen molar-refractivity contribution >= 4 is 30.5 Å². The summed E-state index contributed by atoms with van der Waals surface area (Å²) >= 11 is 0. The topological polar surface area (TPSA) is 86.5 Å². The Morgan fingerprint density at radius 3 is 2.00 bits per heavy atom. The number of nitrogens with one attached hydrogen (secondary N) is 1. The summed E-state index contributed by atoms with van der Waals surface area (Å²) in [5.41, 5.74) is 6.31. The van der Waals surface area contributed by atoms with E-state index < -0.39 is 26.1 Å². The molecule has 0 radical (unpaired) electrons. The van der Waals surface area contributed by atoms with Crippen LogP contribution in [0.4, 0.5) is 10.5 Å². The zero-order valence-corrected chi connectivity index (χ0v) is 23.5. The molecule has 6 nitrogen and oxygen atoms in total. The van der Waals surface area contributed by atoms with Gasteiger partial charge in [-0.25, -0.2) is 9.78 Å². The maximum absolute atomic E-state index is 12.7. The Balaban J connectivity index is 2.03. The molecule has 1 aromatic heterocycles. The number of nitrogens with zero attached hydrogens (tertiary/aromatic N) is 1. The van der Waals surface area contributed by atoms with Crippen LogP contribution in [0.15, 0.2) is 79.0 Å². The molecule has 1 atom stereocenters. The highest BCUT2D eigenvalue weighted by Gasteiger charge is 2.50. The first kappa shape index (κ1) is 28.0. The minimum absolute atomic E-state index is 0.159. The first-order valence-electron chi connectivity index (χ1n) is 12.4. The first-order valence-corrected chi connectivity index (χ1v) is 14.3. The lowest BCUT2D eigenvalue weighted by Crippen LogP contribution is -2.67. The quantitative estimate of drug-likeness (QED) is 0.373. The molecule has 3 rings (SSSR count). The van der Waals surface area contributed by atoms with Gasteiger partial charge in [0.15, 0.2) is 0 Å². The minimum Gasteiger partial charge on any atom is -0.444 e. The van der Waals surface area contributed by atoms with Crippen molar-refractivity contribution in [3.63, 3.8) is 0 Å². The second-order valence-corrected chi connectivity index (χ2v) is 15.2. The average molecular weight is 516 g/mol. The van der Waals surface area contributed by atoms with Crippen LogP contribution in [0, 0.1) is 11.8 Å². The van der Waals surface area contributed by atoms with Gasteiger partial charge in [0.1, 0.15) is 17.3 Å². The third-order valence-corrected chi connectivity index (χ3v) is 10.8. The Morgan fingerprint density at radius 1 is 0.946 bits per heavy atom. The highest BCUT2D eigenvalue weighted by atomic mass is 28.4. The van der Waals surface area contributed by atoms with E-state index >= 15 is 0 Å². The molecule has 7 heteroatoms. The van der Waals surface area contributed by atoms with E-state index in [0.29, 0.717) is 11.4 Å². The van der Waals surface area contributed by atoms with E-state index in [2.05, 4.69) is 67.2 Å². The molecule has 194 valence electrons. The summed E-state index contributed by atoms with van der Waals surface area (Å²) in [7, 11) is -2.83. The van der Waals surface area contributed by atoms with Crippen LogP contribution in [0.25, 0.3) is 0 Å². The zero-order chi connectivity index (χ0) is 27.1. The third-order valence-electron chi connectivity index (χ3n) is 5.78. The average Bonchev–Trinajstić information content (AvgIpc) is 2.83. The maximum Gasteiger partial charge on any atom is 0.408 e.